The summed E-state index contributed by atoms with van der Waals surface area (Å²) in [5, 5.41) is 2.78. The fourth-order valence-electron chi connectivity index (χ4n) is 1.93. The van der Waals surface area contributed by atoms with E-state index in [0.29, 0.717) is 12.8 Å². The van der Waals surface area contributed by atoms with Gasteiger partial charge >= 0.3 is 0 Å². The van der Waals surface area contributed by atoms with Gasteiger partial charge in [0, 0.05) is 0 Å². The number of terminal acetylenes is 1. The minimum absolute atomic E-state index is 0.0839. The molecule has 1 aliphatic rings. The molecule has 0 aromatic carbocycles. The lowest BCUT2D eigenvalue weighted by Gasteiger charge is -2.43. The summed E-state index contributed by atoms with van der Waals surface area (Å²) in [4.78, 5) is 25.6. The van der Waals surface area contributed by atoms with Crippen LogP contribution in [0.4, 0.5) is 0 Å². The van der Waals surface area contributed by atoms with Crippen LogP contribution in [0.3, 0.4) is 0 Å². The molecule has 0 aromatic heterocycles. The van der Waals surface area contributed by atoms with E-state index in [9.17, 15) is 9.59 Å². The van der Waals surface area contributed by atoms with Crippen molar-refractivity contribution in [2.24, 2.45) is 0 Å². The van der Waals surface area contributed by atoms with Gasteiger partial charge in [0.15, 0.2) is 0 Å². The highest BCUT2D eigenvalue weighted by Gasteiger charge is 2.45. The summed E-state index contributed by atoms with van der Waals surface area (Å²) in [5.74, 6) is 2.25. The first kappa shape index (κ1) is 12.6. The maximum atomic E-state index is 12.2. The lowest BCUT2D eigenvalue weighted by atomic mass is 9.91. The minimum atomic E-state index is -0.806. The van der Waals surface area contributed by atoms with E-state index in [-0.39, 0.29) is 18.4 Å². The van der Waals surface area contributed by atoms with Crippen LogP contribution in [0.1, 0.15) is 33.6 Å². The smallest absolute Gasteiger partial charge is 0.249 e. The van der Waals surface area contributed by atoms with E-state index in [1.807, 2.05) is 13.8 Å². The van der Waals surface area contributed by atoms with Crippen molar-refractivity contribution in [3.8, 4) is 12.3 Å². The number of rotatable bonds is 3. The van der Waals surface area contributed by atoms with Gasteiger partial charge in [0.05, 0.1) is 6.54 Å². The quantitative estimate of drug-likeness (QED) is 0.708. The van der Waals surface area contributed by atoms with Crippen LogP contribution in [-0.4, -0.2) is 34.8 Å². The highest BCUT2D eigenvalue weighted by molar-refractivity contribution is 5.99. The number of amides is 2. The molecular formula is C12H18N2O2. The SMILES string of the molecule is C#CCN1C(=O)C(C)(CC)NC(=O)C1CC. The third-order valence-corrected chi connectivity index (χ3v) is 3.17. The summed E-state index contributed by atoms with van der Waals surface area (Å²) in [6.07, 6.45) is 6.39. The van der Waals surface area contributed by atoms with Crippen molar-refractivity contribution in [3.05, 3.63) is 0 Å². The molecule has 2 amide bonds. The van der Waals surface area contributed by atoms with Gasteiger partial charge in [0.25, 0.3) is 0 Å². The van der Waals surface area contributed by atoms with Crippen LogP contribution in [0.15, 0.2) is 0 Å². The predicted molar refractivity (Wildman–Crippen MR) is 61.5 cm³/mol. The van der Waals surface area contributed by atoms with Gasteiger partial charge in [-0.05, 0) is 19.8 Å². The maximum absolute atomic E-state index is 12.2. The topological polar surface area (TPSA) is 49.4 Å². The third-order valence-electron chi connectivity index (χ3n) is 3.17. The Balaban J connectivity index is 3.04. The van der Waals surface area contributed by atoms with Crippen LogP contribution in [0.5, 0.6) is 0 Å². The van der Waals surface area contributed by atoms with E-state index in [4.69, 9.17) is 6.42 Å². The van der Waals surface area contributed by atoms with Gasteiger partial charge < -0.3 is 10.2 Å². The molecule has 0 bridgehead atoms. The van der Waals surface area contributed by atoms with Gasteiger partial charge in [0.2, 0.25) is 11.8 Å². The molecule has 1 aliphatic heterocycles. The zero-order valence-corrected chi connectivity index (χ0v) is 10.0. The first-order chi connectivity index (χ1) is 7.50. The Labute approximate surface area is 96.4 Å². The van der Waals surface area contributed by atoms with Crippen molar-refractivity contribution in [3.63, 3.8) is 0 Å². The summed E-state index contributed by atoms with van der Waals surface area (Å²) in [6, 6.07) is -0.428. The van der Waals surface area contributed by atoms with Gasteiger partial charge in [-0.2, -0.15) is 0 Å². The predicted octanol–water partition coefficient (Wildman–Crippen LogP) is 0.525. The number of carbonyl (C=O) groups excluding carboxylic acids is 2. The van der Waals surface area contributed by atoms with Gasteiger partial charge in [-0.25, -0.2) is 0 Å². The molecule has 4 nitrogen and oxygen atoms in total. The Hall–Kier alpha value is -1.50. The van der Waals surface area contributed by atoms with Crippen LogP contribution in [0.2, 0.25) is 0 Å². The molecule has 2 unspecified atom stereocenters. The van der Waals surface area contributed by atoms with E-state index in [2.05, 4.69) is 11.2 Å². The van der Waals surface area contributed by atoms with Crippen molar-refractivity contribution in [2.75, 3.05) is 6.54 Å². The van der Waals surface area contributed by atoms with Crippen LogP contribution >= 0.6 is 0 Å². The number of hydrogen-bond acceptors (Lipinski definition) is 2. The van der Waals surface area contributed by atoms with Crippen molar-refractivity contribution in [2.45, 2.75) is 45.2 Å². The summed E-state index contributed by atoms with van der Waals surface area (Å²) in [6.45, 7) is 5.68. The fourth-order valence-corrected chi connectivity index (χ4v) is 1.93. The molecular weight excluding hydrogens is 204 g/mol. The fraction of sp³-hybridized carbons (Fsp3) is 0.667. The lowest BCUT2D eigenvalue weighted by molar-refractivity contribution is -0.153. The Morgan fingerprint density at radius 1 is 1.50 bits per heavy atom. The van der Waals surface area contributed by atoms with E-state index in [1.54, 1.807) is 6.92 Å². The average molecular weight is 222 g/mol. The Bertz CT molecular complexity index is 345. The zero-order chi connectivity index (χ0) is 12.3. The summed E-state index contributed by atoms with van der Waals surface area (Å²) >= 11 is 0. The molecule has 1 rings (SSSR count). The molecule has 0 aliphatic carbocycles. The lowest BCUT2D eigenvalue weighted by Crippen LogP contribution is -2.68. The number of nitrogens with one attached hydrogen (secondary N) is 1. The molecule has 0 spiro atoms. The second-order valence-corrected chi connectivity index (χ2v) is 4.24. The molecule has 0 saturated carbocycles. The van der Waals surface area contributed by atoms with Crippen molar-refractivity contribution < 1.29 is 9.59 Å². The monoisotopic (exact) mass is 222 g/mol. The Morgan fingerprint density at radius 2 is 2.12 bits per heavy atom. The molecule has 1 heterocycles. The second kappa shape index (κ2) is 4.56. The molecule has 2 atom stereocenters. The second-order valence-electron chi connectivity index (χ2n) is 4.24. The maximum Gasteiger partial charge on any atom is 0.249 e. The van der Waals surface area contributed by atoms with Gasteiger partial charge in [-0.3, -0.25) is 9.59 Å². The Kier molecular flexibility index (Phi) is 3.58. The molecule has 0 radical (unpaired) electrons. The van der Waals surface area contributed by atoms with Gasteiger partial charge in [-0.1, -0.05) is 19.8 Å². The summed E-state index contributed by atoms with van der Waals surface area (Å²) in [5.41, 5.74) is -0.806. The third kappa shape index (κ3) is 1.90. The van der Waals surface area contributed by atoms with Crippen LogP contribution in [-0.2, 0) is 9.59 Å². The van der Waals surface area contributed by atoms with Gasteiger partial charge in [-0.15, -0.1) is 6.42 Å². The molecule has 0 aromatic rings. The van der Waals surface area contributed by atoms with Crippen molar-refractivity contribution >= 4 is 11.8 Å². The molecule has 4 heteroatoms. The van der Waals surface area contributed by atoms with E-state index < -0.39 is 11.6 Å². The van der Waals surface area contributed by atoms with Crippen molar-refractivity contribution in [1.29, 1.82) is 0 Å². The first-order valence-corrected chi connectivity index (χ1v) is 5.56. The zero-order valence-electron chi connectivity index (χ0n) is 10.0. The highest BCUT2D eigenvalue weighted by atomic mass is 16.2. The number of piperazine rings is 1. The number of carbonyl (C=O) groups is 2. The first-order valence-electron chi connectivity index (χ1n) is 5.56. The number of nitrogens with zero attached hydrogens (tertiary/aromatic N) is 1. The number of hydrogen-bond donors (Lipinski definition) is 1. The van der Waals surface area contributed by atoms with E-state index >= 15 is 0 Å². The standard InChI is InChI=1S/C12H18N2O2/c1-5-8-14-9(6-2)10(15)13-12(4,7-3)11(14)16/h1,9H,6-8H2,2-4H3,(H,13,15). The minimum Gasteiger partial charge on any atom is -0.340 e. The summed E-state index contributed by atoms with van der Waals surface area (Å²) < 4.78 is 0. The van der Waals surface area contributed by atoms with Crippen molar-refractivity contribution in [1.82, 2.24) is 10.2 Å². The van der Waals surface area contributed by atoms with Gasteiger partial charge in [0.1, 0.15) is 11.6 Å². The normalized spacial score (nSPS) is 29.9. The molecule has 1 saturated heterocycles. The molecule has 16 heavy (non-hydrogen) atoms. The highest BCUT2D eigenvalue weighted by Crippen LogP contribution is 2.22. The van der Waals surface area contributed by atoms with Crippen LogP contribution in [0, 0.1) is 12.3 Å². The Morgan fingerprint density at radius 3 is 2.56 bits per heavy atom. The van der Waals surface area contributed by atoms with E-state index in [1.165, 1.54) is 4.90 Å². The van der Waals surface area contributed by atoms with E-state index in [0.717, 1.165) is 0 Å². The molecule has 1 N–H and O–H groups in total. The molecule has 1 fully saturated rings. The summed E-state index contributed by atoms with van der Waals surface area (Å²) in [7, 11) is 0. The molecule has 88 valence electrons. The van der Waals surface area contributed by atoms with Crippen LogP contribution in [0.25, 0.3) is 0 Å². The average Bonchev–Trinajstić information content (AvgIpc) is 2.26. The largest absolute Gasteiger partial charge is 0.340 e. The van der Waals surface area contributed by atoms with Crippen LogP contribution < -0.4 is 5.32 Å².